The van der Waals surface area contributed by atoms with Crippen molar-refractivity contribution in [2.45, 2.75) is 18.1 Å². The minimum Gasteiger partial charge on any atom is -0.302 e. The number of nitrogens with zero attached hydrogens (tertiary/aromatic N) is 5. The molecule has 0 radical (unpaired) electrons. The van der Waals surface area contributed by atoms with E-state index in [-0.39, 0.29) is 11.7 Å². The number of hydrogen-bond donors (Lipinski definition) is 1. The van der Waals surface area contributed by atoms with Crippen LogP contribution in [0.3, 0.4) is 0 Å². The Balaban J connectivity index is 1.67. The van der Waals surface area contributed by atoms with Crippen molar-refractivity contribution >= 4 is 45.7 Å². The molecule has 134 valence electrons. The average Bonchev–Trinajstić information content (AvgIpc) is 3.26. The van der Waals surface area contributed by atoms with Crippen molar-refractivity contribution in [1.29, 1.82) is 0 Å². The lowest BCUT2D eigenvalue weighted by Crippen LogP contribution is -2.14. The standard InChI is InChI=1S/C16H15ClN6OS2/c1-2-7-23-13(8-11-3-5-12(17)6-4-11)20-22-16(23)25-9-14(24)19-15-21-18-10-26-15/h2-6,10H,1,7-9H2,(H,19,21,24). The molecule has 0 saturated heterocycles. The highest BCUT2D eigenvalue weighted by molar-refractivity contribution is 7.99. The molecular formula is C16H15ClN6OS2. The van der Waals surface area contributed by atoms with Crippen LogP contribution >= 0.6 is 34.7 Å². The van der Waals surface area contributed by atoms with Crippen LogP contribution in [0.5, 0.6) is 0 Å². The van der Waals surface area contributed by atoms with Crippen LogP contribution in [-0.4, -0.2) is 36.6 Å². The molecular weight excluding hydrogens is 392 g/mol. The van der Waals surface area contributed by atoms with Gasteiger partial charge >= 0.3 is 0 Å². The molecule has 1 N–H and O–H groups in total. The number of rotatable bonds is 8. The zero-order chi connectivity index (χ0) is 18.4. The number of carbonyl (C=O) groups is 1. The van der Waals surface area contributed by atoms with Crippen molar-refractivity contribution in [3.8, 4) is 0 Å². The third-order valence-corrected chi connectivity index (χ3v) is 5.14. The van der Waals surface area contributed by atoms with Crippen LogP contribution in [0, 0.1) is 0 Å². The molecule has 1 aromatic carbocycles. The number of hydrogen-bond acceptors (Lipinski definition) is 7. The molecule has 7 nitrogen and oxygen atoms in total. The van der Waals surface area contributed by atoms with E-state index in [1.165, 1.54) is 23.1 Å². The Morgan fingerprint density at radius 1 is 1.31 bits per heavy atom. The van der Waals surface area contributed by atoms with Crippen molar-refractivity contribution in [3.05, 3.63) is 58.8 Å². The second kappa shape index (κ2) is 8.93. The Morgan fingerprint density at radius 2 is 2.12 bits per heavy atom. The first-order chi connectivity index (χ1) is 12.7. The summed E-state index contributed by atoms with van der Waals surface area (Å²) in [7, 11) is 0. The molecule has 0 bridgehead atoms. The Hall–Kier alpha value is -2.23. The molecule has 2 heterocycles. The maximum Gasteiger partial charge on any atom is 0.236 e. The fourth-order valence-corrected chi connectivity index (χ4v) is 3.52. The fraction of sp³-hybridized carbons (Fsp3) is 0.188. The molecule has 2 aromatic heterocycles. The molecule has 3 aromatic rings. The van der Waals surface area contributed by atoms with Gasteiger partial charge in [-0.25, -0.2) is 0 Å². The molecule has 0 aliphatic heterocycles. The van der Waals surface area contributed by atoms with E-state index < -0.39 is 0 Å². The Kier molecular flexibility index (Phi) is 6.37. The van der Waals surface area contributed by atoms with Gasteiger partial charge in [-0.1, -0.05) is 52.9 Å². The summed E-state index contributed by atoms with van der Waals surface area (Å²) < 4.78 is 1.95. The van der Waals surface area contributed by atoms with Crippen molar-refractivity contribution < 1.29 is 4.79 Å². The van der Waals surface area contributed by atoms with Crippen LogP contribution in [0.4, 0.5) is 5.13 Å². The van der Waals surface area contributed by atoms with Crippen molar-refractivity contribution in [1.82, 2.24) is 25.0 Å². The summed E-state index contributed by atoms with van der Waals surface area (Å²) in [4.78, 5) is 12.0. The maximum atomic E-state index is 12.0. The lowest BCUT2D eigenvalue weighted by atomic mass is 10.1. The molecule has 0 aliphatic rings. The van der Waals surface area contributed by atoms with Crippen LogP contribution in [-0.2, 0) is 17.8 Å². The first kappa shape index (κ1) is 18.6. The van der Waals surface area contributed by atoms with E-state index in [1.807, 2.05) is 28.8 Å². The largest absolute Gasteiger partial charge is 0.302 e. The first-order valence-electron chi connectivity index (χ1n) is 7.62. The maximum absolute atomic E-state index is 12.0. The number of nitrogens with one attached hydrogen (secondary N) is 1. The second-order valence-corrected chi connectivity index (χ2v) is 7.39. The zero-order valence-electron chi connectivity index (χ0n) is 13.6. The van der Waals surface area contributed by atoms with Crippen LogP contribution in [0.25, 0.3) is 0 Å². The van der Waals surface area contributed by atoms with Crippen LogP contribution in [0.1, 0.15) is 11.4 Å². The summed E-state index contributed by atoms with van der Waals surface area (Å²) >= 11 is 8.51. The van der Waals surface area contributed by atoms with Gasteiger partial charge in [0, 0.05) is 18.0 Å². The summed E-state index contributed by atoms with van der Waals surface area (Å²) in [6, 6.07) is 7.60. The molecule has 1 amide bonds. The highest BCUT2D eigenvalue weighted by Crippen LogP contribution is 2.20. The lowest BCUT2D eigenvalue weighted by Gasteiger charge is -2.08. The molecule has 10 heteroatoms. The number of benzene rings is 1. The molecule has 3 rings (SSSR count). The van der Waals surface area contributed by atoms with Gasteiger partial charge in [0.2, 0.25) is 11.0 Å². The minimum atomic E-state index is -0.167. The predicted molar refractivity (Wildman–Crippen MR) is 104 cm³/mol. The van der Waals surface area contributed by atoms with E-state index in [1.54, 1.807) is 11.6 Å². The summed E-state index contributed by atoms with van der Waals surface area (Å²) in [5, 5.41) is 20.5. The molecule has 0 spiro atoms. The lowest BCUT2D eigenvalue weighted by molar-refractivity contribution is -0.113. The van der Waals surface area contributed by atoms with Gasteiger partial charge in [0.25, 0.3) is 0 Å². The number of aromatic nitrogens is 5. The van der Waals surface area contributed by atoms with Gasteiger partial charge in [0.15, 0.2) is 5.16 Å². The normalized spacial score (nSPS) is 10.7. The average molecular weight is 407 g/mol. The van der Waals surface area contributed by atoms with Crippen LogP contribution in [0.2, 0.25) is 5.02 Å². The highest BCUT2D eigenvalue weighted by atomic mass is 35.5. The number of anilines is 1. The van der Waals surface area contributed by atoms with E-state index in [0.717, 1.165) is 11.4 Å². The van der Waals surface area contributed by atoms with E-state index >= 15 is 0 Å². The van der Waals surface area contributed by atoms with Gasteiger partial charge in [-0.3, -0.25) is 10.1 Å². The monoisotopic (exact) mass is 406 g/mol. The fourth-order valence-electron chi connectivity index (χ4n) is 2.17. The van der Waals surface area contributed by atoms with Crippen LogP contribution < -0.4 is 5.32 Å². The smallest absolute Gasteiger partial charge is 0.236 e. The van der Waals surface area contributed by atoms with Crippen molar-refractivity contribution in [3.63, 3.8) is 0 Å². The van der Waals surface area contributed by atoms with E-state index in [9.17, 15) is 4.79 Å². The van der Waals surface area contributed by atoms with Gasteiger partial charge < -0.3 is 4.57 Å². The molecule has 26 heavy (non-hydrogen) atoms. The van der Waals surface area contributed by atoms with Gasteiger partial charge in [-0.2, -0.15) is 0 Å². The predicted octanol–water partition coefficient (Wildman–Crippen LogP) is 3.29. The molecule has 0 atom stereocenters. The number of amides is 1. The Bertz CT molecular complexity index is 879. The van der Waals surface area contributed by atoms with Gasteiger partial charge in [0.1, 0.15) is 11.3 Å². The summed E-state index contributed by atoms with van der Waals surface area (Å²) in [6.45, 7) is 4.35. The highest BCUT2D eigenvalue weighted by Gasteiger charge is 2.14. The quantitative estimate of drug-likeness (QED) is 0.456. The number of thioether (sulfide) groups is 1. The minimum absolute atomic E-state index is 0.167. The van der Waals surface area contributed by atoms with E-state index in [2.05, 4.69) is 32.3 Å². The Labute approximate surface area is 163 Å². The molecule has 0 saturated carbocycles. The molecule has 0 aliphatic carbocycles. The van der Waals surface area contributed by atoms with Gasteiger partial charge in [-0.15, -0.1) is 27.0 Å². The summed E-state index contributed by atoms with van der Waals surface area (Å²) in [5.74, 6) is 0.842. The SMILES string of the molecule is C=CCn1c(Cc2ccc(Cl)cc2)nnc1SCC(=O)Nc1nncs1. The first-order valence-corrected chi connectivity index (χ1v) is 9.86. The number of allylic oxidation sites excluding steroid dienone is 1. The summed E-state index contributed by atoms with van der Waals surface area (Å²) in [6.07, 6.45) is 2.40. The van der Waals surface area contributed by atoms with Crippen LogP contribution in [0.15, 0.2) is 47.6 Å². The van der Waals surface area contributed by atoms with Crippen molar-refractivity contribution in [2.24, 2.45) is 0 Å². The zero-order valence-corrected chi connectivity index (χ0v) is 16.0. The van der Waals surface area contributed by atoms with Gasteiger partial charge in [-0.05, 0) is 17.7 Å². The second-order valence-electron chi connectivity index (χ2n) is 5.18. The summed E-state index contributed by atoms with van der Waals surface area (Å²) in [5.41, 5.74) is 2.64. The molecule has 0 fully saturated rings. The van der Waals surface area contributed by atoms with E-state index in [4.69, 9.17) is 11.6 Å². The van der Waals surface area contributed by atoms with E-state index in [0.29, 0.717) is 28.3 Å². The Morgan fingerprint density at radius 3 is 2.81 bits per heavy atom. The number of halogens is 1. The van der Waals surface area contributed by atoms with Crippen molar-refractivity contribution in [2.75, 3.05) is 11.1 Å². The van der Waals surface area contributed by atoms with Gasteiger partial charge in [0.05, 0.1) is 5.75 Å². The topological polar surface area (TPSA) is 85.6 Å². The number of carbonyl (C=O) groups excluding carboxylic acids is 1. The third-order valence-electron chi connectivity index (χ3n) is 3.32. The molecule has 0 unspecified atom stereocenters. The third kappa shape index (κ3) is 4.90.